The maximum atomic E-state index is 11.4. The molecule has 108 valence electrons. The second-order valence-corrected chi connectivity index (χ2v) is 7.43. The average Bonchev–Trinajstić information content (AvgIpc) is 2.93. The van der Waals surface area contributed by atoms with Crippen LogP contribution in [-0.4, -0.2) is 42.7 Å². The Hall–Kier alpha value is -0.950. The first-order valence-electron chi connectivity index (χ1n) is 6.76. The molecule has 0 aliphatic carbocycles. The Balaban J connectivity index is 1.92. The van der Waals surface area contributed by atoms with E-state index in [4.69, 9.17) is 4.52 Å². The molecule has 2 heterocycles. The molecule has 1 saturated heterocycles. The monoisotopic (exact) mass is 287 g/mol. The van der Waals surface area contributed by atoms with E-state index in [-0.39, 0.29) is 23.5 Å². The van der Waals surface area contributed by atoms with Gasteiger partial charge in [0.1, 0.15) is 0 Å². The third-order valence-electron chi connectivity index (χ3n) is 3.30. The minimum Gasteiger partial charge on any atom is -0.339 e. The SMILES string of the molecule is CCCNC(C)Cc1nc(C2CCS(=O)(=O)C2)no1. The van der Waals surface area contributed by atoms with Crippen LogP contribution in [0.1, 0.15) is 44.3 Å². The summed E-state index contributed by atoms with van der Waals surface area (Å²) in [5.74, 6) is 1.40. The molecule has 7 heteroatoms. The molecule has 1 fully saturated rings. The van der Waals surface area contributed by atoms with Crippen molar-refractivity contribution < 1.29 is 12.9 Å². The Kier molecular flexibility index (Phi) is 4.57. The van der Waals surface area contributed by atoms with Gasteiger partial charge in [-0.15, -0.1) is 0 Å². The largest absolute Gasteiger partial charge is 0.339 e. The molecule has 6 nitrogen and oxygen atoms in total. The lowest BCUT2D eigenvalue weighted by atomic mass is 10.1. The van der Waals surface area contributed by atoms with Gasteiger partial charge in [-0.2, -0.15) is 4.98 Å². The van der Waals surface area contributed by atoms with Crippen LogP contribution in [0.15, 0.2) is 4.52 Å². The molecule has 0 aromatic carbocycles. The van der Waals surface area contributed by atoms with Gasteiger partial charge in [0.2, 0.25) is 5.89 Å². The Morgan fingerprint density at radius 1 is 1.53 bits per heavy atom. The van der Waals surface area contributed by atoms with E-state index in [1.54, 1.807) is 0 Å². The van der Waals surface area contributed by atoms with Gasteiger partial charge in [0.15, 0.2) is 15.7 Å². The lowest BCUT2D eigenvalue weighted by Crippen LogP contribution is -2.28. The van der Waals surface area contributed by atoms with Gasteiger partial charge in [-0.25, -0.2) is 8.42 Å². The lowest BCUT2D eigenvalue weighted by Gasteiger charge is -2.09. The van der Waals surface area contributed by atoms with Gasteiger partial charge < -0.3 is 9.84 Å². The lowest BCUT2D eigenvalue weighted by molar-refractivity contribution is 0.355. The van der Waals surface area contributed by atoms with Gasteiger partial charge in [0.25, 0.3) is 0 Å². The van der Waals surface area contributed by atoms with Crippen LogP contribution in [0, 0.1) is 0 Å². The molecule has 19 heavy (non-hydrogen) atoms. The highest BCUT2D eigenvalue weighted by Gasteiger charge is 2.32. The maximum absolute atomic E-state index is 11.4. The number of rotatable bonds is 6. The van der Waals surface area contributed by atoms with Crippen LogP contribution in [-0.2, 0) is 16.3 Å². The van der Waals surface area contributed by atoms with Crippen molar-refractivity contribution in [2.45, 2.75) is 45.1 Å². The van der Waals surface area contributed by atoms with Gasteiger partial charge in [-0.3, -0.25) is 0 Å². The minimum atomic E-state index is -2.90. The average molecular weight is 287 g/mol. The molecule has 0 amide bonds. The highest BCUT2D eigenvalue weighted by atomic mass is 32.2. The Morgan fingerprint density at radius 2 is 2.32 bits per heavy atom. The molecule has 1 aromatic heterocycles. The molecule has 1 aliphatic heterocycles. The molecule has 1 aromatic rings. The van der Waals surface area contributed by atoms with Crippen LogP contribution in [0.5, 0.6) is 0 Å². The summed E-state index contributed by atoms with van der Waals surface area (Å²) in [5, 5.41) is 7.27. The first-order chi connectivity index (χ1) is 9.00. The summed E-state index contributed by atoms with van der Waals surface area (Å²) in [4.78, 5) is 4.32. The third-order valence-corrected chi connectivity index (χ3v) is 5.07. The van der Waals surface area contributed by atoms with Crippen LogP contribution >= 0.6 is 0 Å². The normalized spacial score (nSPS) is 23.6. The minimum absolute atomic E-state index is 0.0959. The zero-order valence-corrected chi connectivity index (χ0v) is 12.2. The summed E-state index contributed by atoms with van der Waals surface area (Å²) in [5.41, 5.74) is 0. The number of aromatic nitrogens is 2. The molecule has 0 spiro atoms. The standard InChI is InChI=1S/C12H21N3O3S/c1-3-5-13-9(2)7-11-14-12(15-18-11)10-4-6-19(16,17)8-10/h9-10,13H,3-8H2,1-2H3. The van der Waals surface area contributed by atoms with Gasteiger partial charge >= 0.3 is 0 Å². The molecule has 2 atom stereocenters. The quantitative estimate of drug-likeness (QED) is 0.837. The number of hydrogen-bond donors (Lipinski definition) is 1. The fourth-order valence-electron chi connectivity index (χ4n) is 2.24. The number of hydrogen-bond acceptors (Lipinski definition) is 6. The van der Waals surface area contributed by atoms with E-state index >= 15 is 0 Å². The van der Waals surface area contributed by atoms with Crippen molar-refractivity contribution in [2.24, 2.45) is 0 Å². The zero-order valence-electron chi connectivity index (χ0n) is 11.4. The van der Waals surface area contributed by atoms with E-state index in [0.29, 0.717) is 24.6 Å². The van der Waals surface area contributed by atoms with Crippen LogP contribution in [0.4, 0.5) is 0 Å². The summed E-state index contributed by atoms with van der Waals surface area (Å²) in [7, 11) is -2.90. The van der Waals surface area contributed by atoms with Crippen LogP contribution in [0.25, 0.3) is 0 Å². The Bertz CT molecular complexity index is 512. The summed E-state index contributed by atoms with van der Waals surface area (Å²) >= 11 is 0. The molecule has 1 aliphatic rings. The van der Waals surface area contributed by atoms with Gasteiger partial charge in [0.05, 0.1) is 11.5 Å². The van der Waals surface area contributed by atoms with Crippen molar-refractivity contribution in [1.29, 1.82) is 0 Å². The predicted octanol–water partition coefficient (Wildman–Crippen LogP) is 0.902. The highest BCUT2D eigenvalue weighted by Crippen LogP contribution is 2.26. The number of nitrogens with zero attached hydrogens (tertiary/aromatic N) is 2. The van der Waals surface area contributed by atoms with E-state index in [1.165, 1.54) is 0 Å². The first-order valence-corrected chi connectivity index (χ1v) is 8.58. The Labute approximate surface area is 113 Å². The summed E-state index contributed by atoms with van der Waals surface area (Å²) < 4.78 is 28.0. The fraction of sp³-hybridized carbons (Fsp3) is 0.833. The summed E-state index contributed by atoms with van der Waals surface area (Å²) in [6.45, 7) is 5.15. The zero-order chi connectivity index (χ0) is 13.9. The van der Waals surface area contributed by atoms with E-state index in [9.17, 15) is 8.42 Å². The van der Waals surface area contributed by atoms with E-state index in [2.05, 4.69) is 29.3 Å². The number of nitrogens with one attached hydrogen (secondary N) is 1. The number of sulfone groups is 1. The Morgan fingerprint density at radius 3 is 2.95 bits per heavy atom. The van der Waals surface area contributed by atoms with E-state index < -0.39 is 9.84 Å². The molecular formula is C12H21N3O3S. The predicted molar refractivity (Wildman–Crippen MR) is 71.8 cm³/mol. The van der Waals surface area contributed by atoms with Crippen molar-refractivity contribution in [3.8, 4) is 0 Å². The van der Waals surface area contributed by atoms with Gasteiger partial charge in [-0.05, 0) is 26.3 Å². The van der Waals surface area contributed by atoms with E-state index in [1.807, 2.05) is 0 Å². The summed E-state index contributed by atoms with van der Waals surface area (Å²) in [6, 6.07) is 0.278. The van der Waals surface area contributed by atoms with Gasteiger partial charge in [-0.1, -0.05) is 12.1 Å². The van der Waals surface area contributed by atoms with Crippen molar-refractivity contribution in [3.05, 3.63) is 11.7 Å². The molecule has 0 radical (unpaired) electrons. The molecule has 1 N–H and O–H groups in total. The van der Waals surface area contributed by atoms with Gasteiger partial charge in [0, 0.05) is 18.4 Å². The molecular weight excluding hydrogens is 266 g/mol. The smallest absolute Gasteiger partial charge is 0.228 e. The highest BCUT2D eigenvalue weighted by molar-refractivity contribution is 7.91. The van der Waals surface area contributed by atoms with Crippen molar-refractivity contribution in [3.63, 3.8) is 0 Å². The summed E-state index contributed by atoms with van der Waals surface area (Å²) in [6.07, 6.45) is 2.36. The molecule has 2 rings (SSSR count). The second kappa shape index (κ2) is 6.00. The van der Waals surface area contributed by atoms with Crippen molar-refractivity contribution in [1.82, 2.24) is 15.5 Å². The van der Waals surface area contributed by atoms with E-state index in [0.717, 1.165) is 13.0 Å². The molecule has 0 bridgehead atoms. The first kappa shape index (κ1) is 14.5. The van der Waals surface area contributed by atoms with Crippen LogP contribution in [0.2, 0.25) is 0 Å². The maximum Gasteiger partial charge on any atom is 0.228 e. The van der Waals surface area contributed by atoms with Crippen molar-refractivity contribution in [2.75, 3.05) is 18.1 Å². The van der Waals surface area contributed by atoms with Crippen molar-refractivity contribution >= 4 is 9.84 Å². The topological polar surface area (TPSA) is 85.1 Å². The molecule has 0 saturated carbocycles. The molecule has 2 unspecified atom stereocenters. The fourth-order valence-corrected chi connectivity index (χ4v) is 3.98. The van der Waals surface area contributed by atoms with Crippen LogP contribution < -0.4 is 5.32 Å². The third kappa shape index (κ3) is 4.01. The van der Waals surface area contributed by atoms with Crippen LogP contribution in [0.3, 0.4) is 0 Å². The second-order valence-electron chi connectivity index (χ2n) is 5.21.